The molecule has 5 nitrogen and oxygen atoms in total. The molecule has 1 aliphatic heterocycles. The first-order chi connectivity index (χ1) is 12.0. The van der Waals surface area contributed by atoms with Crippen molar-refractivity contribution >= 4 is 34.1 Å². The van der Waals surface area contributed by atoms with Crippen molar-refractivity contribution in [3.05, 3.63) is 58.3 Å². The van der Waals surface area contributed by atoms with E-state index in [2.05, 4.69) is 20.2 Å². The van der Waals surface area contributed by atoms with E-state index < -0.39 is 0 Å². The predicted octanol–water partition coefficient (Wildman–Crippen LogP) is 3.51. The first-order valence-electron chi connectivity index (χ1n) is 7.93. The van der Waals surface area contributed by atoms with Gasteiger partial charge in [0.2, 0.25) is 5.91 Å². The first-order valence-corrected chi connectivity index (χ1v) is 8.31. The van der Waals surface area contributed by atoms with E-state index in [9.17, 15) is 9.18 Å². The van der Waals surface area contributed by atoms with E-state index in [0.717, 1.165) is 33.5 Å². The lowest BCUT2D eigenvalue weighted by Crippen LogP contribution is -2.18. The molecule has 4 rings (SSSR count). The topological polar surface area (TPSA) is 61.0 Å². The number of carbonyl (C=O) groups is 1. The highest BCUT2D eigenvalue weighted by molar-refractivity contribution is 6.34. The van der Waals surface area contributed by atoms with Gasteiger partial charge in [-0.3, -0.25) is 9.78 Å². The van der Waals surface area contributed by atoms with E-state index in [-0.39, 0.29) is 11.7 Å². The molecule has 128 valence electrons. The molecular formula is C18H16ClFN4O. The highest BCUT2D eigenvalue weighted by Crippen LogP contribution is 2.35. The summed E-state index contributed by atoms with van der Waals surface area (Å²) in [6.45, 7) is 3.10. The van der Waals surface area contributed by atoms with Gasteiger partial charge in [-0.05, 0) is 29.8 Å². The molecule has 0 atom stereocenters. The van der Waals surface area contributed by atoms with Crippen molar-refractivity contribution in [1.29, 1.82) is 0 Å². The van der Waals surface area contributed by atoms with Gasteiger partial charge in [-0.1, -0.05) is 11.6 Å². The largest absolute Gasteiger partial charge is 0.360 e. The summed E-state index contributed by atoms with van der Waals surface area (Å²) in [4.78, 5) is 20.6. The minimum Gasteiger partial charge on any atom is -0.360 e. The summed E-state index contributed by atoms with van der Waals surface area (Å²) < 4.78 is 13.4. The second-order valence-corrected chi connectivity index (χ2v) is 6.62. The lowest BCUT2D eigenvalue weighted by molar-refractivity contribution is -0.119. The van der Waals surface area contributed by atoms with E-state index >= 15 is 0 Å². The molecule has 7 heteroatoms. The molecule has 2 N–H and O–H groups in total. The van der Waals surface area contributed by atoms with Crippen molar-refractivity contribution in [3.8, 4) is 0 Å². The average molecular weight is 359 g/mol. The Hall–Kier alpha value is -2.60. The van der Waals surface area contributed by atoms with Crippen molar-refractivity contribution in [2.75, 3.05) is 4.90 Å². The molecule has 25 heavy (non-hydrogen) atoms. The Balaban J connectivity index is 1.64. The Kier molecular flexibility index (Phi) is 3.84. The van der Waals surface area contributed by atoms with Crippen molar-refractivity contribution < 1.29 is 9.18 Å². The summed E-state index contributed by atoms with van der Waals surface area (Å²) >= 11 is 6.47. The number of fused-ring (bicyclic) bond motifs is 2. The molecule has 0 bridgehead atoms. The van der Waals surface area contributed by atoms with Crippen LogP contribution in [0.3, 0.4) is 0 Å². The van der Waals surface area contributed by atoms with Gasteiger partial charge in [0, 0.05) is 30.1 Å². The average Bonchev–Trinajstić information content (AvgIpc) is 3.14. The smallest absolute Gasteiger partial charge is 0.217 e. The van der Waals surface area contributed by atoms with Crippen molar-refractivity contribution in [1.82, 2.24) is 15.3 Å². The predicted molar refractivity (Wildman–Crippen MR) is 94.9 cm³/mol. The number of rotatable bonds is 3. The van der Waals surface area contributed by atoms with Crippen LogP contribution < -0.4 is 10.2 Å². The van der Waals surface area contributed by atoms with Crippen LogP contribution in [0.5, 0.6) is 0 Å². The Labute approximate surface area is 148 Å². The maximum Gasteiger partial charge on any atom is 0.217 e. The van der Waals surface area contributed by atoms with Crippen LogP contribution in [0.4, 0.5) is 10.1 Å². The Bertz CT molecular complexity index is 985. The van der Waals surface area contributed by atoms with Crippen LogP contribution in [-0.2, 0) is 24.4 Å². The van der Waals surface area contributed by atoms with E-state index in [4.69, 9.17) is 11.6 Å². The highest BCUT2D eigenvalue weighted by Gasteiger charge is 2.23. The normalized spacial score (nSPS) is 13.3. The van der Waals surface area contributed by atoms with Gasteiger partial charge >= 0.3 is 0 Å². The van der Waals surface area contributed by atoms with E-state index in [1.54, 1.807) is 0 Å². The number of nitrogens with one attached hydrogen (secondary N) is 2. The fraction of sp³-hybridized carbons (Fsp3) is 0.222. The minimum absolute atomic E-state index is 0.0769. The van der Waals surface area contributed by atoms with E-state index in [1.165, 1.54) is 19.2 Å². The molecule has 3 aromatic rings. The lowest BCUT2D eigenvalue weighted by atomic mass is 10.2. The number of aromatic amines is 1. The van der Waals surface area contributed by atoms with Gasteiger partial charge in [-0.15, -0.1) is 0 Å². The number of hydrogen-bond acceptors (Lipinski definition) is 3. The SMILES string of the molecule is CC(=O)NCc1cc2cc(Cl)c(N3Cc4cc(F)cnc4C3)cc2[nH]1. The third kappa shape index (κ3) is 3.05. The number of aromatic nitrogens is 2. The van der Waals surface area contributed by atoms with Crippen molar-refractivity contribution in [3.63, 3.8) is 0 Å². The molecule has 0 aliphatic carbocycles. The number of carbonyl (C=O) groups excluding carboxylic acids is 1. The van der Waals surface area contributed by atoms with Gasteiger partial charge in [0.15, 0.2) is 0 Å². The van der Waals surface area contributed by atoms with Crippen LogP contribution in [0, 0.1) is 5.82 Å². The molecule has 0 radical (unpaired) electrons. The highest BCUT2D eigenvalue weighted by atomic mass is 35.5. The fourth-order valence-electron chi connectivity index (χ4n) is 3.16. The minimum atomic E-state index is -0.325. The van der Waals surface area contributed by atoms with Crippen LogP contribution in [0.2, 0.25) is 5.02 Å². The number of anilines is 1. The summed E-state index contributed by atoms with van der Waals surface area (Å²) in [6.07, 6.45) is 1.24. The molecule has 0 saturated carbocycles. The van der Waals surface area contributed by atoms with Crippen molar-refractivity contribution in [2.45, 2.75) is 26.6 Å². The zero-order valence-electron chi connectivity index (χ0n) is 13.6. The number of pyridine rings is 1. The van der Waals surface area contributed by atoms with Crippen molar-refractivity contribution in [2.24, 2.45) is 0 Å². The number of hydrogen-bond donors (Lipinski definition) is 2. The molecule has 0 unspecified atom stereocenters. The summed E-state index contributed by atoms with van der Waals surface area (Å²) in [5.74, 6) is -0.402. The van der Waals surface area contributed by atoms with Crippen LogP contribution in [0.15, 0.2) is 30.5 Å². The van der Waals surface area contributed by atoms with Crippen LogP contribution >= 0.6 is 11.6 Å². The Morgan fingerprint density at radius 3 is 3.00 bits per heavy atom. The molecule has 0 saturated heterocycles. The number of amides is 1. The van der Waals surface area contributed by atoms with Crippen LogP contribution in [0.1, 0.15) is 23.9 Å². The number of halogens is 2. The lowest BCUT2D eigenvalue weighted by Gasteiger charge is -2.19. The zero-order valence-corrected chi connectivity index (χ0v) is 14.3. The summed E-state index contributed by atoms with van der Waals surface area (Å²) in [7, 11) is 0. The van der Waals surface area contributed by atoms with Crippen LogP contribution in [0.25, 0.3) is 10.9 Å². The van der Waals surface area contributed by atoms with Gasteiger partial charge in [-0.2, -0.15) is 0 Å². The number of benzene rings is 1. The first kappa shape index (κ1) is 15.9. The molecule has 2 aromatic heterocycles. The standard InChI is InChI=1S/C18H16ClFN4O/c1-10(25)21-7-14-3-11-4-15(19)18(5-16(11)23-14)24-8-12-2-13(20)6-22-17(12)9-24/h2-6,23H,7-9H2,1H3,(H,21,25). The second-order valence-electron chi connectivity index (χ2n) is 6.21. The summed E-state index contributed by atoms with van der Waals surface area (Å²) in [6, 6.07) is 7.37. The van der Waals surface area contributed by atoms with Crippen LogP contribution in [-0.4, -0.2) is 15.9 Å². The van der Waals surface area contributed by atoms with E-state index in [1.807, 2.05) is 18.2 Å². The van der Waals surface area contributed by atoms with Gasteiger partial charge < -0.3 is 15.2 Å². The zero-order chi connectivity index (χ0) is 17.6. The number of H-pyrrole nitrogens is 1. The molecule has 1 aliphatic rings. The van der Waals surface area contributed by atoms with Gasteiger partial charge in [0.25, 0.3) is 0 Å². The van der Waals surface area contributed by atoms with Gasteiger partial charge in [-0.25, -0.2) is 4.39 Å². The Morgan fingerprint density at radius 1 is 1.36 bits per heavy atom. The Morgan fingerprint density at radius 2 is 2.20 bits per heavy atom. The summed E-state index contributed by atoms with van der Waals surface area (Å²) in [5.41, 5.74) is 4.48. The van der Waals surface area contributed by atoms with Gasteiger partial charge in [0.1, 0.15) is 5.82 Å². The number of nitrogens with zero attached hydrogens (tertiary/aromatic N) is 2. The molecule has 0 spiro atoms. The molecule has 1 amide bonds. The maximum absolute atomic E-state index is 13.4. The molecule has 1 aromatic carbocycles. The second kappa shape index (κ2) is 6.04. The van der Waals surface area contributed by atoms with E-state index in [0.29, 0.717) is 24.7 Å². The van der Waals surface area contributed by atoms with Gasteiger partial charge in [0.05, 0.1) is 35.7 Å². The maximum atomic E-state index is 13.4. The molecular weight excluding hydrogens is 343 g/mol. The molecule has 0 fully saturated rings. The monoisotopic (exact) mass is 358 g/mol. The quantitative estimate of drug-likeness (QED) is 0.753. The third-order valence-electron chi connectivity index (χ3n) is 4.34. The third-order valence-corrected chi connectivity index (χ3v) is 4.64. The fourth-order valence-corrected chi connectivity index (χ4v) is 3.45. The summed E-state index contributed by atoms with van der Waals surface area (Å²) in [5, 5.41) is 4.38. The molecule has 3 heterocycles.